The SMILES string of the molecule is CCNC(=NCc1ccc(C)cc1OCC1CCOC1)NCCN(C)C(=O)OC(C)(C)C. The summed E-state index contributed by atoms with van der Waals surface area (Å²) in [5.74, 6) is 2.02. The lowest BCUT2D eigenvalue weighted by Gasteiger charge is -2.25. The van der Waals surface area contributed by atoms with E-state index in [9.17, 15) is 4.79 Å². The topological polar surface area (TPSA) is 84.4 Å². The molecule has 1 fully saturated rings. The molecule has 1 unspecified atom stereocenters. The maximum Gasteiger partial charge on any atom is 0.410 e. The number of nitrogens with one attached hydrogen (secondary N) is 2. The van der Waals surface area contributed by atoms with E-state index in [4.69, 9.17) is 19.2 Å². The zero-order chi connectivity index (χ0) is 23.6. The number of ether oxygens (including phenoxy) is 3. The van der Waals surface area contributed by atoms with Gasteiger partial charge in [-0.1, -0.05) is 12.1 Å². The number of benzene rings is 1. The highest BCUT2D eigenvalue weighted by molar-refractivity contribution is 5.79. The Labute approximate surface area is 192 Å². The molecule has 1 atom stereocenters. The van der Waals surface area contributed by atoms with Crippen molar-refractivity contribution in [1.82, 2.24) is 15.5 Å². The number of guanidine groups is 1. The minimum atomic E-state index is -0.506. The summed E-state index contributed by atoms with van der Waals surface area (Å²) in [4.78, 5) is 18.4. The van der Waals surface area contributed by atoms with Crippen molar-refractivity contribution in [2.45, 2.75) is 53.2 Å². The molecule has 2 N–H and O–H groups in total. The Morgan fingerprint density at radius 1 is 1.31 bits per heavy atom. The highest BCUT2D eigenvalue weighted by Gasteiger charge is 2.19. The Bertz CT molecular complexity index is 755. The summed E-state index contributed by atoms with van der Waals surface area (Å²) >= 11 is 0. The van der Waals surface area contributed by atoms with E-state index in [-0.39, 0.29) is 6.09 Å². The van der Waals surface area contributed by atoms with Gasteiger partial charge in [0.2, 0.25) is 0 Å². The van der Waals surface area contributed by atoms with Gasteiger partial charge in [-0.3, -0.25) is 0 Å². The van der Waals surface area contributed by atoms with Gasteiger partial charge in [0, 0.05) is 44.8 Å². The number of aliphatic imine (C=N–C) groups is 1. The molecule has 0 aromatic heterocycles. The molecule has 1 heterocycles. The fourth-order valence-electron chi connectivity index (χ4n) is 3.13. The van der Waals surface area contributed by atoms with Gasteiger partial charge in [0.25, 0.3) is 0 Å². The standard InChI is InChI=1S/C24H40N4O4/c1-7-25-22(26-11-12-28(6)23(29)32-24(3,4)5)27-15-20-9-8-18(2)14-21(20)31-17-19-10-13-30-16-19/h8-9,14,19H,7,10-13,15-17H2,1-6H3,(H2,25,26,27). The Kier molecular flexibility index (Phi) is 10.1. The Balaban J connectivity index is 1.92. The zero-order valence-electron chi connectivity index (χ0n) is 20.5. The molecule has 1 aromatic rings. The normalized spacial score (nSPS) is 16.6. The van der Waals surface area contributed by atoms with Crippen LogP contribution in [0.3, 0.4) is 0 Å². The number of hydrogen-bond donors (Lipinski definition) is 2. The van der Waals surface area contributed by atoms with Gasteiger partial charge in [0.05, 0.1) is 19.8 Å². The molecule has 1 saturated heterocycles. The lowest BCUT2D eigenvalue weighted by atomic mass is 10.1. The van der Waals surface area contributed by atoms with E-state index in [1.807, 2.05) is 27.7 Å². The van der Waals surface area contributed by atoms with Crippen LogP contribution in [0, 0.1) is 12.8 Å². The second kappa shape index (κ2) is 12.5. The third-order valence-corrected chi connectivity index (χ3v) is 4.92. The van der Waals surface area contributed by atoms with E-state index in [2.05, 4.69) is 35.8 Å². The molecular formula is C24H40N4O4. The summed E-state index contributed by atoms with van der Waals surface area (Å²) in [5.41, 5.74) is 1.69. The summed E-state index contributed by atoms with van der Waals surface area (Å²) in [7, 11) is 1.73. The molecule has 0 saturated carbocycles. The van der Waals surface area contributed by atoms with E-state index in [0.29, 0.717) is 38.1 Å². The molecule has 1 amide bonds. The van der Waals surface area contributed by atoms with Gasteiger partial charge in [-0.15, -0.1) is 0 Å². The van der Waals surface area contributed by atoms with Gasteiger partial charge in [-0.05, 0) is 52.7 Å². The zero-order valence-corrected chi connectivity index (χ0v) is 20.5. The summed E-state index contributed by atoms with van der Waals surface area (Å²) in [5, 5.41) is 6.53. The molecule has 1 aliphatic rings. The molecule has 2 rings (SSSR count). The van der Waals surface area contributed by atoms with Crippen molar-refractivity contribution in [2.75, 3.05) is 46.5 Å². The van der Waals surface area contributed by atoms with Crippen molar-refractivity contribution in [2.24, 2.45) is 10.9 Å². The highest BCUT2D eigenvalue weighted by Crippen LogP contribution is 2.23. The lowest BCUT2D eigenvalue weighted by molar-refractivity contribution is 0.0302. The van der Waals surface area contributed by atoms with Crippen LogP contribution in [-0.2, 0) is 16.0 Å². The summed E-state index contributed by atoms with van der Waals surface area (Å²) < 4.78 is 17.0. The maximum atomic E-state index is 12.1. The molecule has 1 aromatic carbocycles. The number of likely N-dealkylation sites (N-methyl/N-ethyl adjacent to an activating group) is 1. The average molecular weight is 449 g/mol. The first-order chi connectivity index (χ1) is 15.2. The van der Waals surface area contributed by atoms with Crippen LogP contribution in [0.25, 0.3) is 0 Å². The Hall–Kier alpha value is -2.48. The number of carbonyl (C=O) groups excluding carboxylic acids is 1. The largest absolute Gasteiger partial charge is 0.493 e. The third-order valence-electron chi connectivity index (χ3n) is 4.92. The van der Waals surface area contributed by atoms with Gasteiger partial charge in [0.1, 0.15) is 11.4 Å². The van der Waals surface area contributed by atoms with Crippen LogP contribution in [0.2, 0.25) is 0 Å². The van der Waals surface area contributed by atoms with Gasteiger partial charge < -0.3 is 29.7 Å². The van der Waals surface area contributed by atoms with Crippen LogP contribution in [0.1, 0.15) is 45.2 Å². The molecule has 1 aliphatic heterocycles. The quantitative estimate of drug-likeness (QED) is 0.445. The van der Waals surface area contributed by atoms with Gasteiger partial charge in [-0.2, -0.15) is 0 Å². The van der Waals surface area contributed by atoms with Crippen LogP contribution < -0.4 is 15.4 Å². The van der Waals surface area contributed by atoms with Gasteiger partial charge in [0.15, 0.2) is 5.96 Å². The second-order valence-corrected chi connectivity index (χ2v) is 9.18. The van der Waals surface area contributed by atoms with Crippen LogP contribution >= 0.6 is 0 Å². The average Bonchev–Trinajstić information content (AvgIpc) is 3.23. The van der Waals surface area contributed by atoms with E-state index in [1.165, 1.54) is 0 Å². The van der Waals surface area contributed by atoms with Gasteiger partial charge >= 0.3 is 6.09 Å². The second-order valence-electron chi connectivity index (χ2n) is 9.18. The van der Waals surface area contributed by atoms with Crippen molar-refractivity contribution in [3.63, 3.8) is 0 Å². The molecular weight excluding hydrogens is 408 g/mol. The van der Waals surface area contributed by atoms with Crippen LogP contribution in [-0.4, -0.2) is 69.1 Å². The molecule has 8 nitrogen and oxygen atoms in total. The number of carbonyl (C=O) groups is 1. The molecule has 0 radical (unpaired) electrons. The summed E-state index contributed by atoms with van der Waals surface area (Å²) in [6, 6.07) is 6.21. The number of amides is 1. The molecule has 0 aliphatic carbocycles. The predicted molar refractivity (Wildman–Crippen MR) is 127 cm³/mol. The highest BCUT2D eigenvalue weighted by atomic mass is 16.6. The molecule has 0 bridgehead atoms. The van der Waals surface area contributed by atoms with Crippen LogP contribution in [0.15, 0.2) is 23.2 Å². The summed E-state index contributed by atoms with van der Waals surface area (Å²) in [6.45, 7) is 14.2. The van der Waals surface area contributed by atoms with E-state index in [1.54, 1.807) is 11.9 Å². The summed E-state index contributed by atoms with van der Waals surface area (Å²) in [6.07, 6.45) is 0.710. The van der Waals surface area contributed by atoms with Gasteiger partial charge in [-0.25, -0.2) is 9.79 Å². The molecule has 8 heteroatoms. The predicted octanol–water partition coefficient (Wildman–Crippen LogP) is 3.33. The Morgan fingerprint density at radius 2 is 2.09 bits per heavy atom. The van der Waals surface area contributed by atoms with E-state index < -0.39 is 5.60 Å². The van der Waals surface area contributed by atoms with Crippen molar-refractivity contribution in [3.05, 3.63) is 29.3 Å². The first kappa shape index (κ1) is 25.8. The minimum Gasteiger partial charge on any atom is -0.493 e. The molecule has 180 valence electrons. The molecule has 32 heavy (non-hydrogen) atoms. The van der Waals surface area contributed by atoms with Crippen molar-refractivity contribution in [3.8, 4) is 5.75 Å². The van der Waals surface area contributed by atoms with Crippen molar-refractivity contribution >= 4 is 12.1 Å². The first-order valence-electron chi connectivity index (χ1n) is 11.4. The van der Waals surface area contributed by atoms with Crippen LogP contribution in [0.4, 0.5) is 4.79 Å². The fraction of sp³-hybridized carbons (Fsp3) is 0.667. The monoisotopic (exact) mass is 448 g/mol. The third kappa shape index (κ3) is 9.34. The fourth-order valence-corrected chi connectivity index (χ4v) is 3.13. The van der Waals surface area contributed by atoms with E-state index in [0.717, 1.165) is 43.1 Å². The van der Waals surface area contributed by atoms with Crippen molar-refractivity contribution < 1.29 is 19.0 Å². The smallest absolute Gasteiger partial charge is 0.410 e. The number of aryl methyl sites for hydroxylation is 1. The first-order valence-corrected chi connectivity index (χ1v) is 11.4. The number of hydrogen-bond acceptors (Lipinski definition) is 5. The van der Waals surface area contributed by atoms with Crippen molar-refractivity contribution in [1.29, 1.82) is 0 Å². The lowest BCUT2D eigenvalue weighted by Crippen LogP contribution is -2.43. The van der Waals surface area contributed by atoms with Crippen LogP contribution in [0.5, 0.6) is 5.75 Å². The Morgan fingerprint density at radius 3 is 2.75 bits per heavy atom. The minimum absolute atomic E-state index is 0.338. The van der Waals surface area contributed by atoms with E-state index >= 15 is 0 Å². The maximum absolute atomic E-state index is 12.1. The number of nitrogens with zero attached hydrogens (tertiary/aromatic N) is 2. The molecule has 0 spiro atoms. The number of rotatable bonds is 9.